The van der Waals surface area contributed by atoms with Crippen LogP contribution < -0.4 is 10.6 Å². The molecule has 10 nitrogen and oxygen atoms in total. The minimum Gasteiger partial charge on any atom is -0.481 e. The number of carboxylic acid groups (broad SMARTS) is 1. The van der Waals surface area contributed by atoms with E-state index in [4.69, 9.17) is 32.9 Å². The Morgan fingerprint density at radius 2 is 1.19 bits per heavy atom. The number of hydrogen-bond acceptors (Lipinski definition) is 9. The van der Waals surface area contributed by atoms with Gasteiger partial charge in [0, 0.05) is 23.2 Å². The van der Waals surface area contributed by atoms with Crippen LogP contribution in [-0.4, -0.2) is 56.2 Å². The summed E-state index contributed by atoms with van der Waals surface area (Å²) in [7, 11) is 1.45. The van der Waals surface area contributed by atoms with Crippen molar-refractivity contribution in [3.05, 3.63) is 117 Å². The van der Waals surface area contributed by atoms with E-state index >= 15 is 0 Å². The fraction of sp³-hybridized carbons (Fsp3) is 0.366. The highest BCUT2D eigenvalue weighted by Gasteiger charge is 2.30. The maximum absolute atomic E-state index is 11.8. The van der Waals surface area contributed by atoms with E-state index in [9.17, 15) is 14.7 Å². The van der Waals surface area contributed by atoms with Gasteiger partial charge in [-0.2, -0.15) is 0 Å². The van der Waals surface area contributed by atoms with Gasteiger partial charge in [-0.25, -0.2) is 19.9 Å². The molecule has 53 heavy (non-hydrogen) atoms. The average Bonchev–Trinajstić information content (AvgIpc) is 3.81. The molecule has 2 heterocycles. The second-order valence-corrected chi connectivity index (χ2v) is 14.8. The first-order valence-corrected chi connectivity index (χ1v) is 19.0. The number of carboxylic acids is 1. The summed E-state index contributed by atoms with van der Waals surface area (Å²) in [6, 6.07) is 16.8. The van der Waals surface area contributed by atoms with Gasteiger partial charge in [-0.3, -0.25) is 9.59 Å². The standard InChI is InChI=1S/C21H22ClN3O2.C20H20ClN3O2/c1-27-20(26)14-6-4-7-15(11-14)24-21-23-12-18(22)19(25-21)17-10-9-13-5-2-3-8-16(13)17;21-17-11-22-20(23-14-6-3-5-13(10-14)19(25)26)24-18(17)16-9-8-12-4-1-2-7-15(12)16/h2-3,5,8,10,12,14-15H,4,6-7,9,11H2,1H3,(H,23,24,25);1-2,4,7,9,11,13-14H,3,5-6,8,10H2,(H,25,26)(H,22,23,24)/t14-,15+;13-,14+/m00/s1. The third kappa shape index (κ3) is 8.39. The molecule has 4 aliphatic rings. The Morgan fingerprint density at radius 3 is 1.68 bits per heavy atom. The summed E-state index contributed by atoms with van der Waals surface area (Å²) in [6.45, 7) is 0. The highest BCUT2D eigenvalue weighted by atomic mass is 35.5. The van der Waals surface area contributed by atoms with Crippen molar-refractivity contribution in [1.82, 2.24) is 19.9 Å². The van der Waals surface area contributed by atoms with Gasteiger partial charge in [0.25, 0.3) is 0 Å². The zero-order chi connectivity index (χ0) is 36.9. The molecule has 2 aromatic carbocycles. The number of esters is 1. The fourth-order valence-electron chi connectivity index (χ4n) is 7.88. The Hall–Kier alpha value is -4.80. The minimum absolute atomic E-state index is 0.0579. The monoisotopic (exact) mass is 752 g/mol. The summed E-state index contributed by atoms with van der Waals surface area (Å²) >= 11 is 12.8. The first-order chi connectivity index (χ1) is 25.8. The Bertz CT molecular complexity index is 2070. The Kier molecular flexibility index (Phi) is 11.4. The molecule has 0 radical (unpaired) electrons. The van der Waals surface area contributed by atoms with Gasteiger partial charge in [-0.05, 0) is 73.6 Å². The van der Waals surface area contributed by atoms with Gasteiger partial charge in [0.1, 0.15) is 0 Å². The van der Waals surface area contributed by atoms with Crippen molar-refractivity contribution in [2.75, 3.05) is 17.7 Å². The maximum Gasteiger partial charge on any atom is 0.308 e. The molecule has 3 N–H and O–H groups in total. The van der Waals surface area contributed by atoms with Crippen LogP contribution in [0, 0.1) is 11.8 Å². The van der Waals surface area contributed by atoms with Crippen molar-refractivity contribution in [1.29, 1.82) is 0 Å². The first kappa shape index (κ1) is 36.6. The zero-order valence-corrected chi connectivity index (χ0v) is 31.0. The van der Waals surface area contributed by atoms with Crippen molar-refractivity contribution in [3.8, 4) is 0 Å². The molecule has 4 aliphatic carbocycles. The largest absolute Gasteiger partial charge is 0.481 e. The summed E-state index contributed by atoms with van der Waals surface area (Å²) in [4.78, 5) is 41.1. The minimum atomic E-state index is -0.720. The van der Waals surface area contributed by atoms with Crippen LogP contribution in [0.1, 0.15) is 85.0 Å². The van der Waals surface area contributed by atoms with Gasteiger partial charge in [0.05, 0.1) is 52.8 Å². The quantitative estimate of drug-likeness (QED) is 0.150. The van der Waals surface area contributed by atoms with E-state index in [1.54, 1.807) is 12.4 Å². The van der Waals surface area contributed by atoms with Gasteiger partial charge >= 0.3 is 11.9 Å². The van der Waals surface area contributed by atoms with E-state index in [1.807, 2.05) is 24.3 Å². The third-order valence-electron chi connectivity index (χ3n) is 10.6. The number of aliphatic carboxylic acids is 1. The van der Waals surface area contributed by atoms with Crippen molar-refractivity contribution in [2.24, 2.45) is 11.8 Å². The second-order valence-electron chi connectivity index (χ2n) is 14.0. The molecule has 0 unspecified atom stereocenters. The summed E-state index contributed by atoms with van der Waals surface area (Å²) in [5, 5.41) is 17.0. The zero-order valence-electron chi connectivity index (χ0n) is 29.5. The van der Waals surface area contributed by atoms with Crippen LogP contribution in [0.4, 0.5) is 11.9 Å². The van der Waals surface area contributed by atoms with Gasteiger partial charge in [-0.1, -0.05) is 96.7 Å². The van der Waals surface area contributed by atoms with Gasteiger partial charge in [-0.15, -0.1) is 0 Å². The van der Waals surface area contributed by atoms with E-state index in [1.165, 1.54) is 23.8 Å². The number of nitrogens with one attached hydrogen (secondary N) is 2. The van der Waals surface area contributed by atoms with Crippen LogP contribution in [0.2, 0.25) is 10.0 Å². The number of benzene rings is 2. The molecule has 4 atom stereocenters. The number of nitrogens with zero attached hydrogens (tertiary/aromatic N) is 4. The van der Waals surface area contributed by atoms with E-state index < -0.39 is 5.97 Å². The number of anilines is 2. The summed E-state index contributed by atoms with van der Waals surface area (Å²) in [6.07, 6.45) is 16.1. The summed E-state index contributed by atoms with van der Waals surface area (Å²) < 4.78 is 4.90. The van der Waals surface area contributed by atoms with E-state index in [-0.39, 0.29) is 29.9 Å². The molecule has 8 rings (SSSR count). The Labute approximate surface area is 319 Å². The lowest BCUT2D eigenvalue weighted by Crippen LogP contribution is -2.32. The molecule has 0 amide bonds. The molecular formula is C41H42Cl2N6O4. The number of rotatable bonds is 8. The van der Waals surface area contributed by atoms with Crippen LogP contribution in [0.5, 0.6) is 0 Å². The number of carbonyl (C=O) groups is 2. The normalized spacial score (nSPS) is 21.6. The van der Waals surface area contributed by atoms with Crippen LogP contribution in [-0.2, 0) is 27.2 Å². The van der Waals surface area contributed by atoms with Gasteiger partial charge < -0.3 is 20.5 Å². The number of halogens is 2. The molecule has 2 fully saturated rings. The number of fused-ring (bicyclic) bond motifs is 2. The van der Waals surface area contributed by atoms with Crippen LogP contribution in [0.25, 0.3) is 11.1 Å². The van der Waals surface area contributed by atoms with Crippen molar-refractivity contribution in [3.63, 3.8) is 0 Å². The average molecular weight is 754 g/mol. The van der Waals surface area contributed by atoms with E-state index in [2.05, 4.69) is 62.0 Å². The lowest BCUT2D eigenvalue weighted by Gasteiger charge is -2.28. The summed E-state index contributed by atoms with van der Waals surface area (Å²) in [5.74, 6) is -0.148. The number of methoxy groups -OCH3 is 1. The molecule has 4 aromatic rings. The highest BCUT2D eigenvalue weighted by molar-refractivity contribution is 6.32. The number of carbonyl (C=O) groups excluding carboxylic acids is 1. The van der Waals surface area contributed by atoms with Crippen LogP contribution in [0.15, 0.2) is 73.1 Å². The number of ether oxygens (including phenoxy) is 1. The van der Waals surface area contributed by atoms with Gasteiger partial charge in [0.2, 0.25) is 11.9 Å². The Balaban J connectivity index is 0.000000164. The lowest BCUT2D eigenvalue weighted by molar-refractivity contribution is -0.146. The van der Waals surface area contributed by atoms with Gasteiger partial charge in [0.15, 0.2) is 0 Å². The fourth-order valence-corrected chi connectivity index (χ4v) is 8.26. The molecule has 0 bridgehead atoms. The van der Waals surface area contributed by atoms with Crippen molar-refractivity contribution >= 4 is 58.2 Å². The van der Waals surface area contributed by atoms with E-state index in [0.717, 1.165) is 85.9 Å². The number of hydrogen-bond donors (Lipinski definition) is 3. The third-order valence-corrected chi connectivity index (χ3v) is 11.1. The number of allylic oxidation sites excluding steroid dienone is 2. The molecular weight excluding hydrogens is 711 g/mol. The molecule has 0 aliphatic heterocycles. The second kappa shape index (κ2) is 16.5. The van der Waals surface area contributed by atoms with Crippen LogP contribution >= 0.6 is 23.2 Å². The topological polar surface area (TPSA) is 139 Å². The molecule has 0 saturated heterocycles. The molecule has 12 heteroatoms. The first-order valence-electron chi connectivity index (χ1n) is 18.2. The summed E-state index contributed by atoms with van der Waals surface area (Å²) in [5.41, 5.74) is 8.43. The lowest BCUT2D eigenvalue weighted by atomic mass is 9.86. The number of aromatic nitrogens is 4. The van der Waals surface area contributed by atoms with Crippen LogP contribution in [0.3, 0.4) is 0 Å². The Morgan fingerprint density at radius 1 is 0.717 bits per heavy atom. The predicted molar refractivity (Wildman–Crippen MR) is 207 cm³/mol. The van der Waals surface area contributed by atoms with Crippen molar-refractivity contribution < 1.29 is 19.4 Å². The molecule has 0 spiro atoms. The maximum atomic E-state index is 11.8. The highest BCUT2D eigenvalue weighted by Crippen LogP contribution is 2.37. The predicted octanol–water partition coefficient (Wildman–Crippen LogP) is 8.43. The van der Waals surface area contributed by atoms with Crippen molar-refractivity contribution in [2.45, 2.75) is 76.3 Å². The molecule has 2 saturated carbocycles. The SMILES string of the molecule is COC(=O)[C@H]1CCC[C@@H](Nc2ncc(Cl)c(C3=CCc4ccccc43)n2)C1.O=C(O)[C@H]1CCC[C@@H](Nc2ncc(Cl)c(C3=CCc4ccccc43)n2)C1. The van der Waals surface area contributed by atoms with E-state index in [0.29, 0.717) is 28.4 Å². The molecule has 2 aromatic heterocycles. The molecule has 274 valence electrons. The smallest absolute Gasteiger partial charge is 0.308 e.